The van der Waals surface area contributed by atoms with Crippen LogP contribution < -0.4 is 10.1 Å². The average molecular weight is 370 g/mol. The van der Waals surface area contributed by atoms with Crippen LogP contribution >= 0.6 is 0 Å². The highest BCUT2D eigenvalue weighted by Crippen LogP contribution is 2.26. The summed E-state index contributed by atoms with van der Waals surface area (Å²) in [6.07, 6.45) is 0. The number of esters is 1. The van der Waals surface area contributed by atoms with Gasteiger partial charge in [0.05, 0.1) is 5.56 Å². The van der Waals surface area contributed by atoms with Gasteiger partial charge in [0.1, 0.15) is 5.75 Å². The molecule has 0 radical (unpaired) electrons. The van der Waals surface area contributed by atoms with Crippen LogP contribution in [0.25, 0.3) is 0 Å². The summed E-state index contributed by atoms with van der Waals surface area (Å²) >= 11 is 0. The minimum atomic E-state index is -6.26. The number of nitrogens with one attached hydrogen (secondary N) is 1. The van der Waals surface area contributed by atoms with E-state index in [9.17, 15) is 31.3 Å². The number of benzene rings is 2. The molecule has 0 fully saturated rings. The van der Waals surface area contributed by atoms with Gasteiger partial charge in [-0.25, -0.2) is 13.2 Å². The van der Waals surface area contributed by atoms with Crippen LogP contribution in [0.5, 0.6) is 5.75 Å². The zero-order valence-electron chi connectivity index (χ0n) is 12.3. The molecule has 0 saturated carbocycles. The summed E-state index contributed by atoms with van der Waals surface area (Å²) in [6, 6.07) is 12.9. The van der Waals surface area contributed by atoms with Crippen LogP contribution in [0.3, 0.4) is 0 Å². The molecule has 0 aliphatic heterocycles. The third kappa shape index (κ3) is 4.17. The third-order valence-electron chi connectivity index (χ3n) is 2.92. The molecule has 0 aromatic heterocycles. The monoisotopic (exact) mass is 370 g/mol. The minimum absolute atomic E-state index is 0.307. The number of anilines is 1. The van der Waals surface area contributed by atoms with Crippen molar-refractivity contribution >= 4 is 27.7 Å². The molecule has 0 spiro atoms. The molecule has 1 N–H and O–H groups in total. The molecular formula is C15H10F2NO6S-. The first-order chi connectivity index (χ1) is 11.6. The predicted octanol–water partition coefficient (Wildman–Crippen LogP) is 1.98. The molecule has 132 valence electrons. The van der Waals surface area contributed by atoms with Crippen LogP contribution in [0.15, 0.2) is 54.6 Å². The van der Waals surface area contributed by atoms with Gasteiger partial charge in [-0.15, -0.1) is 0 Å². The lowest BCUT2D eigenvalue weighted by atomic mass is 10.2. The summed E-state index contributed by atoms with van der Waals surface area (Å²) in [5, 5.41) is -2.84. The lowest BCUT2D eigenvalue weighted by Crippen LogP contribution is -2.40. The fourth-order valence-corrected chi connectivity index (χ4v) is 1.97. The van der Waals surface area contributed by atoms with Gasteiger partial charge in [0.2, 0.25) is 0 Å². The Balaban J connectivity index is 2.26. The maximum Gasteiger partial charge on any atom is 0.429 e. The van der Waals surface area contributed by atoms with Crippen molar-refractivity contribution in [3.05, 3.63) is 60.2 Å². The van der Waals surface area contributed by atoms with Gasteiger partial charge in [0.15, 0.2) is 10.1 Å². The maximum atomic E-state index is 13.2. The van der Waals surface area contributed by atoms with Crippen LogP contribution in [0.4, 0.5) is 14.5 Å². The number of amides is 1. The molecule has 0 unspecified atom stereocenters. The smallest absolute Gasteiger partial charge is 0.429 e. The Hall–Kier alpha value is -2.85. The van der Waals surface area contributed by atoms with Gasteiger partial charge in [-0.2, -0.15) is 8.78 Å². The Morgan fingerprint density at radius 2 is 1.56 bits per heavy atom. The van der Waals surface area contributed by atoms with Crippen molar-refractivity contribution in [2.45, 2.75) is 5.25 Å². The number of rotatable bonds is 5. The van der Waals surface area contributed by atoms with E-state index < -0.39 is 33.0 Å². The van der Waals surface area contributed by atoms with E-state index in [0.29, 0.717) is 5.69 Å². The highest BCUT2D eigenvalue weighted by molar-refractivity contribution is 7.87. The topological polar surface area (TPSA) is 113 Å². The summed E-state index contributed by atoms with van der Waals surface area (Å²) in [4.78, 5) is 23.5. The third-order valence-corrected chi connectivity index (χ3v) is 3.71. The SMILES string of the molecule is O=C(Nc1ccccc1)c1ccccc1OC(=O)C(F)(F)S(=O)(=O)[O-]. The summed E-state index contributed by atoms with van der Waals surface area (Å²) in [6.45, 7) is 0. The summed E-state index contributed by atoms with van der Waals surface area (Å²) in [5.74, 6) is -4.00. The second kappa shape index (κ2) is 6.95. The van der Waals surface area contributed by atoms with E-state index >= 15 is 0 Å². The van der Waals surface area contributed by atoms with E-state index in [2.05, 4.69) is 10.1 Å². The molecular weight excluding hydrogens is 360 g/mol. The molecule has 7 nitrogen and oxygen atoms in total. The Morgan fingerprint density at radius 3 is 2.16 bits per heavy atom. The van der Waals surface area contributed by atoms with E-state index in [-0.39, 0.29) is 5.56 Å². The average Bonchev–Trinajstić information content (AvgIpc) is 2.55. The number of para-hydroxylation sites is 2. The largest absolute Gasteiger partial charge is 0.743 e. The standard InChI is InChI=1S/C15H11F2NO6S/c16-15(17,25(21,22)23)14(20)24-12-9-5-4-8-11(12)13(19)18-10-6-2-1-3-7-10/h1-9H,(H,18,19)(H,21,22,23)/p-1. The fourth-order valence-electron chi connectivity index (χ4n) is 1.72. The summed E-state index contributed by atoms with van der Waals surface area (Å²) in [7, 11) is -6.26. The molecule has 2 aromatic carbocycles. The highest BCUT2D eigenvalue weighted by atomic mass is 32.2. The Labute approximate surface area is 141 Å². The van der Waals surface area contributed by atoms with E-state index in [0.717, 1.165) is 6.07 Å². The molecule has 0 bridgehead atoms. The number of hydrogen-bond acceptors (Lipinski definition) is 6. The second-order valence-corrected chi connectivity index (χ2v) is 6.10. The van der Waals surface area contributed by atoms with Crippen LogP contribution in [0, 0.1) is 0 Å². The fraction of sp³-hybridized carbons (Fsp3) is 0.0667. The minimum Gasteiger partial charge on any atom is -0.743 e. The van der Waals surface area contributed by atoms with Gasteiger partial charge < -0.3 is 14.6 Å². The number of hydrogen-bond donors (Lipinski definition) is 1. The van der Waals surface area contributed by atoms with Crippen LogP contribution in [-0.2, 0) is 14.9 Å². The number of carbonyl (C=O) groups excluding carboxylic acids is 2. The molecule has 0 saturated heterocycles. The van der Waals surface area contributed by atoms with Gasteiger partial charge in [0.25, 0.3) is 5.91 Å². The molecule has 2 aromatic rings. The highest BCUT2D eigenvalue weighted by Gasteiger charge is 2.49. The lowest BCUT2D eigenvalue weighted by molar-refractivity contribution is -0.151. The Bertz CT molecular complexity index is 899. The molecule has 0 aliphatic rings. The van der Waals surface area contributed by atoms with Crippen LogP contribution in [0.1, 0.15) is 10.4 Å². The van der Waals surface area contributed by atoms with Crippen molar-refractivity contribution in [2.75, 3.05) is 5.32 Å². The van der Waals surface area contributed by atoms with Crippen molar-refractivity contribution in [1.82, 2.24) is 0 Å². The first-order valence-electron chi connectivity index (χ1n) is 6.64. The molecule has 25 heavy (non-hydrogen) atoms. The summed E-state index contributed by atoms with van der Waals surface area (Å²) < 4.78 is 62.1. The molecule has 0 heterocycles. The maximum absolute atomic E-state index is 13.2. The van der Waals surface area contributed by atoms with E-state index in [1.807, 2.05) is 0 Å². The van der Waals surface area contributed by atoms with Gasteiger partial charge in [-0.1, -0.05) is 30.3 Å². The van der Waals surface area contributed by atoms with Crippen molar-refractivity contribution in [3.8, 4) is 5.75 Å². The van der Waals surface area contributed by atoms with Gasteiger partial charge in [-0.05, 0) is 24.3 Å². The van der Waals surface area contributed by atoms with E-state index in [1.165, 1.54) is 18.2 Å². The van der Waals surface area contributed by atoms with E-state index in [1.54, 1.807) is 30.3 Å². The first-order valence-corrected chi connectivity index (χ1v) is 8.04. The Kier molecular flexibility index (Phi) is 5.14. The number of carbonyl (C=O) groups is 2. The second-order valence-electron chi connectivity index (χ2n) is 4.68. The predicted molar refractivity (Wildman–Crippen MR) is 81.1 cm³/mol. The van der Waals surface area contributed by atoms with Gasteiger partial charge in [-0.3, -0.25) is 4.79 Å². The molecule has 2 rings (SSSR count). The zero-order valence-corrected chi connectivity index (χ0v) is 13.1. The van der Waals surface area contributed by atoms with Crippen molar-refractivity contribution in [1.29, 1.82) is 0 Å². The van der Waals surface area contributed by atoms with Crippen molar-refractivity contribution in [3.63, 3.8) is 0 Å². The van der Waals surface area contributed by atoms with Crippen LogP contribution in [-0.4, -0.2) is 30.1 Å². The molecule has 0 atom stereocenters. The Morgan fingerprint density at radius 1 is 1.00 bits per heavy atom. The zero-order chi connectivity index (χ0) is 18.7. The lowest BCUT2D eigenvalue weighted by Gasteiger charge is -2.18. The van der Waals surface area contributed by atoms with Crippen molar-refractivity contribution < 1.29 is 36.1 Å². The summed E-state index contributed by atoms with van der Waals surface area (Å²) in [5.41, 5.74) is 0.0832. The van der Waals surface area contributed by atoms with Gasteiger partial charge >= 0.3 is 11.2 Å². The van der Waals surface area contributed by atoms with E-state index in [4.69, 9.17) is 0 Å². The first kappa shape index (κ1) is 18.5. The molecule has 0 aliphatic carbocycles. The van der Waals surface area contributed by atoms with Crippen molar-refractivity contribution in [2.24, 2.45) is 0 Å². The number of ether oxygens (including phenoxy) is 1. The molecule has 10 heteroatoms. The normalized spacial score (nSPS) is 11.6. The molecule has 1 amide bonds. The van der Waals surface area contributed by atoms with Crippen LogP contribution in [0.2, 0.25) is 0 Å². The number of alkyl halides is 2. The number of halogens is 2. The quantitative estimate of drug-likeness (QED) is 0.489. The van der Waals surface area contributed by atoms with Gasteiger partial charge in [0, 0.05) is 5.69 Å².